The number of aromatic nitrogens is 2. The fourth-order valence-corrected chi connectivity index (χ4v) is 3.39. The average Bonchev–Trinajstić information content (AvgIpc) is 3.30. The number of para-hydroxylation sites is 2. The molecule has 1 atom stereocenters. The highest BCUT2D eigenvalue weighted by Gasteiger charge is 2.19. The lowest BCUT2D eigenvalue weighted by atomic mass is 10.2. The molecule has 0 amide bonds. The minimum absolute atomic E-state index is 0.288. The Labute approximate surface area is 160 Å². The molecule has 0 aliphatic rings. The summed E-state index contributed by atoms with van der Waals surface area (Å²) in [4.78, 5) is 4.43. The molecule has 0 aliphatic heterocycles. The molecule has 2 heterocycles. The quantitative estimate of drug-likeness (QED) is 0.414. The summed E-state index contributed by atoms with van der Waals surface area (Å²) in [5.41, 5.74) is 2.76. The van der Waals surface area contributed by atoms with Gasteiger partial charge in [-0.25, -0.2) is 4.98 Å². The highest BCUT2D eigenvalue weighted by molar-refractivity contribution is 6.35. The van der Waals surface area contributed by atoms with Gasteiger partial charge in [-0.2, -0.15) is 0 Å². The third-order valence-electron chi connectivity index (χ3n) is 4.24. The van der Waals surface area contributed by atoms with Gasteiger partial charge in [0.2, 0.25) is 0 Å². The van der Waals surface area contributed by atoms with Crippen LogP contribution in [-0.2, 0) is 17.9 Å². The number of benzene rings is 2. The van der Waals surface area contributed by atoms with Crippen LogP contribution in [0.15, 0.2) is 71.6 Å². The molecule has 4 rings (SSSR count). The average molecular weight is 387 g/mol. The van der Waals surface area contributed by atoms with E-state index < -0.39 is 0 Å². The summed E-state index contributed by atoms with van der Waals surface area (Å²) in [6.45, 7) is 0.854. The molecule has 132 valence electrons. The maximum atomic E-state index is 6.26. The van der Waals surface area contributed by atoms with Crippen molar-refractivity contribution in [3.8, 4) is 0 Å². The van der Waals surface area contributed by atoms with Crippen LogP contribution < -0.4 is 0 Å². The summed E-state index contributed by atoms with van der Waals surface area (Å²) in [5.74, 6) is 0.742. The molecule has 0 aliphatic carbocycles. The first-order valence-corrected chi connectivity index (χ1v) is 8.96. The number of hydrogen-bond acceptors (Lipinski definition) is 3. The van der Waals surface area contributed by atoms with Crippen LogP contribution in [0.3, 0.4) is 0 Å². The Balaban J connectivity index is 1.59. The molecule has 0 spiro atoms. The Kier molecular flexibility index (Phi) is 4.98. The van der Waals surface area contributed by atoms with Gasteiger partial charge in [-0.1, -0.05) is 41.4 Å². The lowest BCUT2D eigenvalue weighted by molar-refractivity contribution is 0.0148. The van der Waals surface area contributed by atoms with Gasteiger partial charge >= 0.3 is 0 Å². The van der Waals surface area contributed by atoms with Gasteiger partial charge < -0.3 is 13.7 Å². The van der Waals surface area contributed by atoms with E-state index in [9.17, 15) is 0 Å². The van der Waals surface area contributed by atoms with Gasteiger partial charge in [0.05, 0.1) is 36.8 Å². The van der Waals surface area contributed by atoms with E-state index in [2.05, 4.69) is 9.55 Å². The van der Waals surface area contributed by atoms with E-state index in [0.717, 1.165) is 22.4 Å². The standard InChI is InChI=1S/C20H16Cl2N2O2/c21-15-5-3-6-16(22)14(15)12-26-20(19-9-4-10-25-19)11-24-13-23-17-7-1-2-8-18(17)24/h1-10,13,20H,11-12H2. The summed E-state index contributed by atoms with van der Waals surface area (Å²) in [7, 11) is 0. The zero-order valence-electron chi connectivity index (χ0n) is 13.8. The number of ether oxygens (including phenoxy) is 1. The van der Waals surface area contributed by atoms with Gasteiger partial charge in [-0.15, -0.1) is 0 Å². The third kappa shape index (κ3) is 3.49. The van der Waals surface area contributed by atoms with Crippen molar-refractivity contribution in [2.75, 3.05) is 0 Å². The molecule has 4 nitrogen and oxygen atoms in total. The summed E-state index contributed by atoms with van der Waals surface area (Å²) in [6.07, 6.45) is 3.15. The molecule has 2 aromatic heterocycles. The highest BCUT2D eigenvalue weighted by Crippen LogP contribution is 2.29. The number of nitrogens with zero attached hydrogens (tertiary/aromatic N) is 2. The zero-order chi connectivity index (χ0) is 17.9. The van der Waals surface area contributed by atoms with E-state index in [-0.39, 0.29) is 12.7 Å². The first kappa shape index (κ1) is 17.2. The molecular formula is C20H16Cl2N2O2. The molecule has 0 radical (unpaired) electrons. The summed E-state index contributed by atoms with van der Waals surface area (Å²) < 4.78 is 13.8. The van der Waals surface area contributed by atoms with E-state index in [4.69, 9.17) is 32.4 Å². The smallest absolute Gasteiger partial charge is 0.134 e. The van der Waals surface area contributed by atoms with Gasteiger partial charge in [0.15, 0.2) is 0 Å². The van der Waals surface area contributed by atoms with Crippen molar-refractivity contribution in [2.24, 2.45) is 0 Å². The second kappa shape index (κ2) is 7.54. The summed E-state index contributed by atoms with van der Waals surface area (Å²) in [5, 5.41) is 1.17. The van der Waals surface area contributed by atoms with E-state index in [1.807, 2.05) is 48.8 Å². The first-order chi connectivity index (χ1) is 12.7. The number of hydrogen-bond donors (Lipinski definition) is 0. The van der Waals surface area contributed by atoms with Gasteiger partial charge in [0.25, 0.3) is 0 Å². The van der Waals surface area contributed by atoms with Crippen molar-refractivity contribution in [2.45, 2.75) is 19.3 Å². The summed E-state index contributed by atoms with van der Waals surface area (Å²) >= 11 is 12.5. The van der Waals surface area contributed by atoms with Crippen molar-refractivity contribution in [3.05, 3.63) is 88.6 Å². The van der Waals surface area contributed by atoms with Crippen molar-refractivity contribution >= 4 is 34.2 Å². The lowest BCUT2D eigenvalue weighted by Crippen LogP contribution is -2.12. The minimum Gasteiger partial charge on any atom is -0.467 e. The second-order valence-corrected chi connectivity index (χ2v) is 6.72. The number of halogens is 2. The molecule has 4 aromatic rings. The monoisotopic (exact) mass is 386 g/mol. The van der Waals surface area contributed by atoms with Crippen molar-refractivity contribution in [1.29, 1.82) is 0 Å². The molecule has 0 saturated heterocycles. The Hall–Kier alpha value is -2.27. The first-order valence-electron chi connectivity index (χ1n) is 8.20. The largest absolute Gasteiger partial charge is 0.467 e. The number of rotatable bonds is 6. The fourth-order valence-electron chi connectivity index (χ4n) is 2.89. The van der Waals surface area contributed by atoms with Crippen molar-refractivity contribution in [3.63, 3.8) is 0 Å². The van der Waals surface area contributed by atoms with Gasteiger partial charge in [-0.3, -0.25) is 0 Å². The molecule has 0 saturated carbocycles. The zero-order valence-corrected chi connectivity index (χ0v) is 15.3. The van der Waals surface area contributed by atoms with E-state index in [0.29, 0.717) is 16.6 Å². The van der Waals surface area contributed by atoms with Crippen LogP contribution >= 0.6 is 23.2 Å². The lowest BCUT2D eigenvalue weighted by Gasteiger charge is -2.18. The summed E-state index contributed by atoms with van der Waals surface area (Å²) in [6, 6.07) is 17.2. The van der Waals surface area contributed by atoms with Gasteiger partial charge in [0, 0.05) is 15.6 Å². The van der Waals surface area contributed by atoms with Crippen molar-refractivity contribution in [1.82, 2.24) is 9.55 Å². The Morgan fingerprint density at radius 1 is 1.00 bits per heavy atom. The SMILES string of the molecule is Clc1cccc(Cl)c1COC(Cn1cnc2ccccc21)c1ccco1. The number of furan rings is 1. The number of imidazole rings is 1. The predicted octanol–water partition coefficient (Wildman–Crippen LogP) is 5.89. The Bertz CT molecular complexity index is 992. The van der Waals surface area contributed by atoms with Crippen LogP contribution in [0.5, 0.6) is 0 Å². The van der Waals surface area contributed by atoms with Crippen LogP contribution in [-0.4, -0.2) is 9.55 Å². The van der Waals surface area contributed by atoms with Crippen LogP contribution in [0.4, 0.5) is 0 Å². The molecule has 1 unspecified atom stereocenters. The van der Waals surface area contributed by atoms with E-state index in [1.54, 1.807) is 18.4 Å². The Morgan fingerprint density at radius 2 is 1.81 bits per heavy atom. The van der Waals surface area contributed by atoms with Crippen LogP contribution in [0, 0.1) is 0 Å². The topological polar surface area (TPSA) is 40.2 Å². The van der Waals surface area contributed by atoms with Crippen LogP contribution in [0.2, 0.25) is 10.0 Å². The molecule has 0 bridgehead atoms. The third-order valence-corrected chi connectivity index (χ3v) is 4.95. The predicted molar refractivity (Wildman–Crippen MR) is 102 cm³/mol. The molecule has 0 fully saturated rings. The van der Waals surface area contributed by atoms with Crippen LogP contribution in [0.25, 0.3) is 11.0 Å². The molecular weight excluding hydrogens is 371 g/mol. The maximum Gasteiger partial charge on any atom is 0.134 e. The highest BCUT2D eigenvalue weighted by atomic mass is 35.5. The van der Waals surface area contributed by atoms with E-state index >= 15 is 0 Å². The molecule has 0 N–H and O–H groups in total. The van der Waals surface area contributed by atoms with Crippen molar-refractivity contribution < 1.29 is 9.15 Å². The maximum absolute atomic E-state index is 6.26. The van der Waals surface area contributed by atoms with Crippen LogP contribution in [0.1, 0.15) is 17.4 Å². The van der Waals surface area contributed by atoms with E-state index in [1.165, 1.54) is 0 Å². The normalized spacial score (nSPS) is 12.5. The minimum atomic E-state index is -0.296. The number of fused-ring (bicyclic) bond motifs is 1. The van der Waals surface area contributed by atoms with Gasteiger partial charge in [-0.05, 0) is 36.4 Å². The van der Waals surface area contributed by atoms with Gasteiger partial charge in [0.1, 0.15) is 11.9 Å². The molecule has 2 aromatic carbocycles. The fraction of sp³-hybridized carbons (Fsp3) is 0.150. The molecule has 6 heteroatoms. The Morgan fingerprint density at radius 3 is 2.58 bits per heavy atom. The molecule has 26 heavy (non-hydrogen) atoms. The second-order valence-electron chi connectivity index (χ2n) is 5.90.